The summed E-state index contributed by atoms with van der Waals surface area (Å²) in [6.45, 7) is 8.73. The molecular formula is C17H36O. The second-order valence-electron chi connectivity index (χ2n) is 6.31. The average Bonchev–Trinajstić information content (AvgIpc) is 2.33. The van der Waals surface area contributed by atoms with Gasteiger partial charge in [0.05, 0.1) is 6.10 Å². The molecule has 0 saturated heterocycles. The zero-order chi connectivity index (χ0) is 13.8. The van der Waals surface area contributed by atoms with Gasteiger partial charge in [0.1, 0.15) is 0 Å². The van der Waals surface area contributed by atoms with Crippen molar-refractivity contribution in [2.45, 2.75) is 98.0 Å². The maximum absolute atomic E-state index is 9.43. The lowest BCUT2D eigenvalue weighted by Crippen LogP contribution is -2.13. The highest BCUT2D eigenvalue weighted by atomic mass is 16.3. The Morgan fingerprint density at radius 3 is 1.89 bits per heavy atom. The first-order valence-electron chi connectivity index (χ1n) is 8.26. The Morgan fingerprint density at radius 2 is 1.28 bits per heavy atom. The van der Waals surface area contributed by atoms with Gasteiger partial charge in [-0.3, -0.25) is 0 Å². The van der Waals surface area contributed by atoms with Gasteiger partial charge in [-0.25, -0.2) is 0 Å². The summed E-state index contributed by atoms with van der Waals surface area (Å²) < 4.78 is 0. The Morgan fingerprint density at radius 1 is 0.722 bits per heavy atom. The summed E-state index contributed by atoms with van der Waals surface area (Å²) in [4.78, 5) is 0. The third-order valence-electron chi connectivity index (χ3n) is 4.23. The van der Waals surface area contributed by atoms with Crippen molar-refractivity contribution in [3.63, 3.8) is 0 Å². The molecule has 18 heavy (non-hydrogen) atoms. The molecule has 1 N–H and O–H groups in total. The van der Waals surface area contributed by atoms with Gasteiger partial charge >= 0.3 is 0 Å². The van der Waals surface area contributed by atoms with Gasteiger partial charge in [0.25, 0.3) is 0 Å². The number of hydrogen-bond acceptors (Lipinski definition) is 1. The zero-order valence-electron chi connectivity index (χ0n) is 13.3. The van der Waals surface area contributed by atoms with E-state index in [1.165, 1.54) is 64.2 Å². The summed E-state index contributed by atoms with van der Waals surface area (Å²) in [6.07, 6.45) is 13.5. The van der Waals surface area contributed by atoms with Crippen molar-refractivity contribution >= 4 is 0 Å². The average molecular weight is 256 g/mol. The van der Waals surface area contributed by atoms with Crippen molar-refractivity contribution in [2.75, 3.05) is 0 Å². The molecule has 0 saturated carbocycles. The van der Waals surface area contributed by atoms with Crippen LogP contribution in [0, 0.1) is 11.8 Å². The second-order valence-corrected chi connectivity index (χ2v) is 6.31. The van der Waals surface area contributed by atoms with Crippen LogP contribution >= 0.6 is 0 Å². The van der Waals surface area contributed by atoms with E-state index in [4.69, 9.17) is 0 Å². The largest absolute Gasteiger partial charge is 0.393 e. The summed E-state index contributed by atoms with van der Waals surface area (Å²) in [6, 6.07) is 0. The minimum absolute atomic E-state index is 0.140. The number of aliphatic hydroxyl groups excluding tert-OH is 1. The molecule has 1 nitrogen and oxygen atoms in total. The molecule has 0 fully saturated rings. The maximum Gasteiger partial charge on any atom is 0.0537 e. The molecule has 0 bridgehead atoms. The lowest BCUT2D eigenvalue weighted by Gasteiger charge is -2.16. The Kier molecular flexibility index (Phi) is 12.0. The molecule has 0 spiro atoms. The fraction of sp³-hybridized carbons (Fsp3) is 1.00. The van der Waals surface area contributed by atoms with Gasteiger partial charge in [-0.1, -0.05) is 78.6 Å². The molecule has 0 unspecified atom stereocenters. The monoisotopic (exact) mass is 256 g/mol. The van der Waals surface area contributed by atoms with E-state index in [1.54, 1.807) is 0 Å². The zero-order valence-corrected chi connectivity index (χ0v) is 13.3. The van der Waals surface area contributed by atoms with E-state index in [0.29, 0.717) is 5.92 Å². The van der Waals surface area contributed by atoms with Crippen LogP contribution in [-0.2, 0) is 0 Å². The van der Waals surface area contributed by atoms with Crippen LogP contribution in [0.1, 0.15) is 91.9 Å². The fourth-order valence-corrected chi connectivity index (χ4v) is 2.45. The molecule has 0 amide bonds. The van der Waals surface area contributed by atoms with Crippen molar-refractivity contribution in [2.24, 2.45) is 11.8 Å². The molecule has 0 aromatic carbocycles. The van der Waals surface area contributed by atoms with E-state index in [9.17, 15) is 5.11 Å². The molecule has 0 rings (SSSR count). The molecular weight excluding hydrogens is 220 g/mol. The predicted molar refractivity (Wildman–Crippen MR) is 81.9 cm³/mol. The minimum Gasteiger partial charge on any atom is -0.393 e. The number of unbranched alkanes of at least 4 members (excludes halogenated alkanes) is 5. The highest BCUT2D eigenvalue weighted by molar-refractivity contribution is 4.61. The topological polar surface area (TPSA) is 20.2 Å². The van der Waals surface area contributed by atoms with E-state index in [1.807, 2.05) is 6.92 Å². The van der Waals surface area contributed by atoms with Crippen LogP contribution in [0.2, 0.25) is 0 Å². The molecule has 0 aromatic rings. The van der Waals surface area contributed by atoms with Crippen LogP contribution < -0.4 is 0 Å². The first-order valence-corrected chi connectivity index (χ1v) is 8.26. The van der Waals surface area contributed by atoms with Gasteiger partial charge in [-0.2, -0.15) is 0 Å². The molecule has 0 aliphatic rings. The van der Waals surface area contributed by atoms with E-state index in [2.05, 4.69) is 20.8 Å². The molecule has 0 aliphatic heterocycles. The molecule has 1 heteroatoms. The van der Waals surface area contributed by atoms with Crippen molar-refractivity contribution < 1.29 is 5.11 Å². The van der Waals surface area contributed by atoms with Crippen molar-refractivity contribution in [1.29, 1.82) is 0 Å². The third kappa shape index (κ3) is 11.1. The van der Waals surface area contributed by atoms with Gasteiger partial charge in [-0.15, -0.1) is 0 Å². The van der Waals surface area contributed by atoms with Crippen LogP contribution in [0.5, 0.6) is 0 Å². The maximum atomic E-state index is 9.43. The van der Waals surface area contributed by atoms with Gasteiger partial charge < -0.3 is 5.11 Å². The van der Waals surface area contributed by atoms with Crippen LogP contribution in [0.25, 0.3) is 0 Å². The Balaban J connectivity index is 3.29. The van der Waals surface area contributed by atoms with Crippen molar-refractivity contribution in [3.8, 4) is 0 Å². The smallest absolute Gasteiger partial charge is 0.0537 e. The van der Waals surface area contributed by atoms with E-state index >= 15 is 0 Å². The molecule has 110 valence electrons. The third-order valence-corrected chi connectivity index (χ3v) is 4.23. The summed E-state index contributed by atoms with van der Waals surface area (Å²) >= 11 is 0. The summed E-state index contributed by atoms with van der Waals surface area (Å²) in [5, 5.41) is 9.43. The van der Waals surface area contributed by atoms with Crippen molar-refractivity contribution in [1.82, 2.24) is 0 Å². The summed E-state index contributed by atoms with van der Waals surface area (Å²) in [5.74, 6) is 1.34. The standard InChI is InChI=1S/C17H36O/c1-5-6-7-8-9-10-12-15(2)13-11-14-16(3)17(4)18/h15-18H,5-14H2,1-4H3/t15-,16-,17+/m0/s1. The number of hydrogen-bond donors (Lipinski definition) is 1. The Bertz CT molecular complexity index is 165. The minimum atomic E-state index is -0.140. The predicted octanol–water partition coefficient (Wildman–Crippen LogP) is 5.56. The summed E-state index contributed by atoms with van der Waals surface area (Å²) in [7, 11) is 0. The van der Waals surface area contributed by atoms with E-state index in [-0.39, 0.29) is 6.10 Å². The highest BCUT2D eigenvalue weighted by Crippen LogP contribution is 2.19. The quantitative estimate of drug-likeness (QED) is 0.453. The fourth-order valence-electron chi connectivity index (χ4n) is 2.45. The molecule has 0 aliphatic carbocycles. The molecule has 0 heterocycles. The molecule has 0 aromatic heterocycles. The normalized spacial score (nSPS) is 16.5. The number of rotatable bonds is 12. The Labute approximate surface area is 115 Å². The Hall–Kier alpha value is -0.0400. The highest BCUT2D eigenvalue weighted by Gasteiger charge is 2.09. The van der Waals surface area contributed by atoms with Crippen LogP contribution in [0.3, 0.4) is 0 Å². The SMILES string of the molecule is CCCCCCCC[C@H](C)CCC[C@H](C)[C@@H](C)O. The van der Waals surface area contributed by atoms with Crippen molar-refractivity contribution in [3.05, 3.63) is 0 Å². The van der Waals surface area contributed by atoms with E-state index in [0.717, 1.165) is 5.92 Å². The van der Waals surface area contributed by atoms with Crippen LogP contribution in [0.15, 0.2) is 0 Å². The lowest BCUT2D eigenvalue weighted by atomic mass is 9.93. The van der Waals surface area contributed by atoms with Crippen LogP contribution in [-0.4, -0.2) is 11.2 Å². The number of aliphatic hydroxyl groups is 1. The van der Waals surface area contributed by atoms with Gasteiger partial charge in [-0.05, 0) is 25.2 Å². The first kappa shape index (κ1) is 18.0. The molecule has 3 atom stereocenters. The molecule has 0 radical (unpaired) electrons. The lowest BCUT2D eigenvalue weighted by molar-refractivity contribution is 0.127. The van der Waals surface area contributed by atoms with Gasteiger partial charge in [0.15, 0.2) is 0 Å². The van der Waals surface area contributed by atoms with Crippen LogP contribution in [0.4, 0.5) is 0 Å². The first-order chi connectivity index (χ1) is 8.57. The second kappa shape index (κ2) is 12.0. The van der Waals surface area contributed by atoms with Gasteiger partial charge in [0.2, 0.25) is 0 Å². The van der Waals surface area contributed by atoms with E-state index < -0.39 is 0 Å². The van der Waals surface area contributed by atoms with Gasteiger partial charge in [0, 0.05) is 0 Å². The summed E-state index contributed by atoms with van der Waals surface area (Å²) in [5.41, 5.74) is 0.